The SMILES string of the molecule is Cc1cccc2nc(C(=O)N3CCN(C4=NCC(C)S4)CC3)cn12. The number of aliphatic imine (C=N–C) groups is 1. The zero-order valence-corrected chi connectivity index (χ0v) is 14.8. The topological polar surface area (TPSA) is 53.2 Å². The lowest BCUT2D eigenvalue weighted by atomic mass is 10.3. The van der Waals surface area contributed by atoms with Gasteiger partial charge in [0, 0.05) is 43.3 Å². The van der Waals surface area contributed by atoms with E-state index in [1.165, 1.54) is 0 Å². The fourth-order valence-corrected chi connectivity index (χ4v) is 4.14. The third-order valence-corrected chi connectivity index (χ3v) is 5.69. The molecule has 2 aliphatic heterocycles. The van der Waals surface area contributed by atoms with Gasteiger partial charge in [0.2, 0.25) is 0 Å². The minimum Gasteiger partial charge on any atom is -0.348 e. The summed E-state index contributed by atoms with van der Waals surface area (Å²) in [7, 11) is 0. The van der Waals surface area contributed by atoms with Crippen LogP contribution in [-0.4, -0.2) is 68.2 Å². The number of aromatic nitrogens is 2. The van der Waals surface area contributed by atoms with E-state index in [1.54, 1.807) is 0 Å². The zero-order chi connectivity index (χ0) is 16.7. The van der Waals surface area contributed by atoms with Gasteiger partial charge in [0.15, 0.2) is 5.17 Å². The molecule has 0 saturated carbocycles. The average molecular weight is 343 g/mol. The minimum atomic E-state index is 0.0205. The summed E-state index contributed by atoms with van der Waals surface area (Å²) >= 11 is 1.84. The molecule has 0 aliphatic carbocycles. The largest absolute Gasteiger partial charge is 0.348 e. The summed E-state index contributed by atoms with van der Waals surface area (Å²) in [6.07, 6.45) is 1.85. The van der Waals surface area contributed by atoms with Gasteiger partial charge in [0.1, 0.15) is 11.3 Å². The van der Waals surface area contributed by atoms with Crippen molar-refractivity contribution in [1.82, 2.24) is 19.2 Å². The molecular weight excluding hydrogens is 322 g/mol. The van der Waals surface area contributed by atoms with Crippen LogP contribution in [0.2, 0.25) is 0 Å². The second-order valence-corrected chi connectivity index (χ2v) is 7.76. The lowest BCUT2D eigenvalue weighted by Crippen LogP contribution is -2.50. The van der Waals surface area contributed by atoms with Crippen molar-refractivity contribution in [2.45, 2.75) is 19.1 Å². The van der Waals surface area contributed by atoms with Crippen LogP contribution in [-0.2, 0) is 0 Å². The molecule has 4 rings (SSSR count). The Hall–Kier alpha value is -2.02. The Morgan fingerprint density at radius 2 is 2.04 bits per heavy atom. The maximum Gasteiger partial charge on any atom is 0.274 e. The Bertz CT molecular complexity index is 806. The Morgan fingerprint density at radius 3 is 2.71 bits per heavy atom. The Labute approximate surface area is 145 Å². The summed E-state index contributed by atoms with van der Waals surface area (Å²) < 4.78 is 1.97. The molecule has 0 spiro atoms. The quantitative estimate of drug-likeness (QED) is 0.793. The van der Waals surface area contributed by atoms with Gasteiger partial charge in [-0.15, -0.1) is 0 Å². The number of nitrogens with zero attached hydrogens (tertiary/aromatic N) is 5. The number of hydrogen-bond acceptors (Lipinski definition) is 5. The van der Waals surface area contributed by atoms with Crippen molar-refractivity contribution >= 4 is 28.5 Å². The van der Waals surface area contributed by atoms with E-state index in [4.69, 9.17) is 0 Å². The molecule has 24 heavy (non-hydrogen) atoms. The van der Waals surface area contributed by atoms with E-state index in [0.29, 0.717) is 10.9 Å². The summed E-state index contributed by atoms with van der Waals surface area (Å²) in [5, 5.41) is 1.71. The summed E-state index contributed by atoms with van der Waals surface area (Å²) in [6.45, 7) is 8.25. The molecule has 126 valence electrons. The molecule has 1 atom stereocenters. The normalized spacial score (nSPS) is 21.4. The first-order valence-corrected chi connectivity index (χ1v) is 9.20. The number of aryl methyl sites for hydroxylation is 1. The van der Waals surface area contributed by atoms with Crippen LogP contribution >= 0.6 is 11.8 Å². The van der Waals surface area contributed by atoms with E-state index < -0.39 is 0 Å². The minimum absolute atomic E-state index is 0.0205. The third-order valence-electron chi connectivity index (χ3n) is 4.54. The Balaban J connectivity index is 1.45. The van der Waals surface area contributed by atoms with Crippen molar-refractivity contribution < 1.29 is 4.79 Å². The van der Waals surface area contributed by atoms with Crippen LogP contribution in [0.4, 0.5) is 0 Å². The van der Waals surface area contributed by atoms with E-state index in [9.17, 15) is 4.79 Å². The van der Waals surface area contributed by atoms with Crippen LogP contribution in [0, 0.1) is 6.92 Å². The van der Waals surface area contributed by atoms with E-state index in [-0.39, 0.29) is 5.91 Å². The van der Waals surface area contributed by atoms with Gasteiger partial charge < -0.3 is 14.2 Å². The highest BCUT2D eigenvalue weighted by Crippen LogP contribution is 2.24. The van der Waals surface area contributed by atoms with Gasteiger partial charge in [-0.2, -0.15) is 0 Å². The van der Waals surface area contributed by atoms with Crippen molar-refractivity contribution in [3.63, 3.8) is 0 Å². The van der Waals surface area contributed by atoms with Gasteiger partial charge in [-0.3, -0.25) is 9.79 Å². The number of thioether (sulfide) groups is 1. The highest BCUT2D eigenvalue weighted by Gasteiger charge is 2.28. The molecule has 0 N–H and O–H groups in total. The van der Waals surface area contributed by atoms with Crippen molar-refractivity contribution in [3.05, 3.63) is 35.8 Å². The zero-order valence-electron chi connectivity index (χ0n) is 14.0. The van der Waals surface area contributed by atoms with Gasteiger partial charge in [-0.25, -0.2) is 4.98 Å². The number of carbonyl (C=O) groups is 1. The molecule has 0 radical (unpaired) electrons. The number of imidazole rings is 1. The smallest absolute Gasteiger partial charge is 0.274 e. The molecule has 0 bridgehead atoms. The van der Waals surface area contributed by atoms with E-state index >= 15 is 0 Å². The first kappa shape index (κ1) is 15.5. The molecule has 2 aromatic heterocycles. The second-order valence-electron chi connectivity index (χ2n) is 6.35. The lowest BCUT2D eigenvalue weighted by Gasteiger charge is -2.35. The third kappa shape index (κ3) is 2.77. The molecule has 7 heteroatoms. The van der Waals surface area contributed by atoms with Crippen LogP contribution in [0.15, 0.2) is 29.4 Å². The maximum absolute atomic E-state index is 12.8. The van der Waals surface area contributed by atoms with Crippen molar-refractivity contribution in [2.24, 2.45) is 4.99 Å². The van der Waals surface area contributed by atoms with Crippen LogP contribution in [0.3, 0.4) is 0 Å². The maximum atomic E-state index is 12.8. The average Bonchev–Trinajstić information content (AvgIpc) is 3.21. The molecule has 6 nitrogen and oxygen atoms in total. The van der Waals surface area contributed by atoms with Crippen LogP contribution in [0.5, 0.6) is 0 Å². The second kappa shape index (κ2) is 6.12. The molecule has 1 amide bonds. The first-order chi connectivity index (χ1) is 11.6. The summed E-state index contributed by atoms with van der Waals surface area (Å²) in [4.78, 5) is 26.0. The molecule has 0 aromatic carbocycles. The van der Waals surface area contributed by atoms with Crippen LogP contribution in [0.1, 0.15) is 23.1 Å². The number of pyridine rings is 1. The van der Waals surface area contributed by atoms with Gasteiger partial charge >= 0.3 is 0 Å². The van der Waals surface area contributed by atoms with Crippen LogP contribution < -0.4 is 0 Å². The Kier molecular flexibility index (Phi) is 3.96. The highest BCUT2D eigenvalue weighted by molar-refractivity contribution is 8.14. The molecule has 4 heterocycles. The van der Waals surface area contributed by atoms with Crippen molar-refractivity contribution in [2.75, 3.05) is 32.7 Å². The van der Waals surface area contributed by atoms with Gasteiger partial charge in [0.05, 0.1) is 6.54 Å². The standard InChI is InChI=1S/C17H21N5OS/c1-12-4-3-5-15-19-14(11-22(12)15)16(23)20-6-8-21(9-7-20)17-18-10-13(2)24-17/h3-5,11,13H,6-10H2,1-2H3. The number of rotatable bonds is 1. The summed E-state index contributed by atoms with van der Waals surface area (Å²) in [5.74, 6) is 0.0205. The predicted molar refractivity (Wildman–Crippen MR) is 96.8 cm³/mol. The Morgan fingerprint density at radius 1 is 1.25 bits per heavy atom. The molecule has 2 aliphatic rings. The molecule has 2 aromatic rings. The van der Waals surface area contributed by atoms with Gasteiger partial charge in [0.25, 0.3) is 5.91 Å². The number of amides is 1. The van der Waals surface area contributed by atoms with E-state index in [0.717, 1.165) is 49.2 Å². The van der Waals surface area contributed by atoms with Crippen LogP contribution in [0.25, 0.3) is 5.65 Å². The predicted octanol–water partition coefficient (Wildman–Crippen LogP) is 1.89. The van der Waals surface area contributed by atoms with E-state index in [1.807, 2.05) is 52.4 Å². The highest BCUT2D eigenvalue weighted by atomic mass is 32.2. The number of fused-ring (bicyclic) bond motifs is 1. The van der Waals surface area contributed by atoms with Crippen molar-refractivity contribution in [1.29, 1.82) is 0 Å². The van der Waals surface area contributed by atoms with Gasteiger partial charge in [-0.05, 0) is 19.1 Å². The monoisotopic (exact) mass is 343 g/mol. The fourth-order valence-electron chi connectivity index (χ4n) is 3.15. The lowest BCUT2D eigenvalue weighted by molar-refractivity contribution is 0.0688. The van der Waals surface area contributed by atoms with Crippen molar-refractivity contribution in [3.8, 4) is 0 Å². The summed E-state index contributed by atoms with van der Waals surface area (Å²) in [5.41, 5.74) is 2.43. The van der Waals surface area contributed by atoms with Gasteiger partial charge in [-0.1, -0.05) is 24.8 Å². The molecule has 1 fully saturated rings. The number of piperazine rings is 1. The molecule has 1 saturated heterocycles. The fraction of sp³-hybridized carbons (Fsp3) is 0.471. The number of carbonyl (C=O) groups excluding carboxylic acids is 1. The first-order valence-electron chi connectivity index (χ1n) is 8.32. The number of hydrogen-bond donors (Lipinski definition) is 0. The summed E-state index contributed by atoms with van der Waals surface area (Å²) in [6, 6.07) is 5.91. The number of amidine groups is 1. The molecular formula is C17H21N5OS. The van der Waals surface area contributed by atoms with E-state index in [2.05, 4.69) is 21.8 Å². The molecule has 1 unspecified atom stereocenters.